The molecule has 0 aromatic carbocycles. The number of nitrogens with zero attached hydrogens (tertiary/aromatic N) is 1. The van der Waals surface area contributed by atoms with Crippen molar-refractivity contribution >= 4 is 60.5 Å². The molecule has 0 fully saturated rings. The molecule has 4 nitrogen and oxygen atoms in total. The van der Waals surface area contributed by atoms with Gasteiger partial charge in [0.1, 0.15) is 13.6 Å². The SMILES string of the molecule is CCCN(CCOC)S(=O)(=O)c1c(Cl)sc(Cl)c1Br. The van der Waals surface area contributed by atoms with E-state index in [9.17, 15) is 8.42 Å². The number of rotatable bonds is 7. The normalized spacial score (nSPS) is 12.3. The van der Waals surface area contributed by atoms with Crippen LogP contribution in [0.5, 0.6) is 0 Å². The lowest BCUT2D eigenvalue weighted by Gasteiger charge is -2.21. The van der Waals surface area contributed by atoms with Crippen LogP contribution in [0.1, 0.15) is 13.3 Å². The highest BCUT2D eigenvalue weighted by Gasteiger charge is 2.31. The standard InChI is InChI=1S/C10H14BrCl2NO3S2/c1-3-4-14(5-6-17-2)19(15,16)8-7(11)9(12)18-10(8)13/h3-6H2,1-2H3. The summed E-state index contributed by atoms with van der Waals surface area (Å²) in [4.78, 5) is 0.0359. The summed E-state index contributed by atoms with van der Waals surface area (Å²) in [5.41, 5.74) is 0. The van der Waals surface area contributed by atoms with Gasteiger partial charge in [-0.25, -0.2) is 8.42 Å². The molecular weight excluding hydrogens is 397 g/mol. The Bertz CT molecular complexity index is 533. The minimum Gasteiger partial charge on any atom is -0.383 e. The highest BCUT2D eigenvalue weighted by molar-refractivity contribution is 9.10. The fraction of sp³-hybridized carbons (Fsp3) is 0.600. The second kappa shape index (κ2) is 7.59. The summed E-state index contributed by atoms with van der Waals surface area (Å²) in [5.74, 6) is 0. The number of sulfonamides is 1. The molecule has 9 heteroatoms. The van der Waals surface area contributed by atoms with Gasteiger partial charge < -0.3 is 4.74 Å². The van der Waals surface area contributed by atoms with E-state index in [0.717, 1.165) is 11.3 Å². The van der Waals surface area contributed by atoms with Gasteiger partial charge in [0, 0.05) is 20.2 Å². The Morgan fingerprint density at radius 3 is 2.37 bits per heavy atom. The Balaban J connectivity index is 3.18. The molecule has 1 rings (SSSR count). The van der Waals surface area contributed by atoms with E-state index in [1.165, 1.54) is 11.4 Å². The van der Waals surface area contributed by atoms with Crippen LogP contribution in [0.4, 0.5) is 0 Å². The molecule has 0 aliphatic rings. The molecule has 0 spiro atoms. The molecule has 0 saturated heterocycles. The van der Waals surface area contributed by atoms with Crippen molar-refractivity contribution in [1.82, 2.24) is 4.31 Å². The van der Waals surface area contributed by atoms with Gasteiger partial charge in [-0.15, -0.1) is 11.3 Å². The van der Waals surface area contributed by atoms with Gasteiger partial charge >= 0.3 is 0 Å². The van der Waals surface area contributed by atoms with Crippen LogP contribution < -0.4 is 0 Å². The number of halogens is 3. The molecular formula is C10H14BrCl2NO3S2. The summed E-state index contributed by atoms with van der Waals surface area (Å²) in [6.07, 6.45) is 0.704. The summed E-state index contributed by atoms with van der Waals surface area (Å²) < 4.78 is 32.3. The first kappa shape index (κ1) is 17.7. The van der Waals surface area contributed by atoms with Crippen LogP contribution in [-0.4, -0.2) is 39.5 Å². The number of hydrogen-bond donors (Lipinski definition) is 0. The summed E-state index contributed by atoms with van der Waals surface area (Å²) in [6, 6.07) is 0. The zero-order chi connectivity index (χ0) is 14.6. The zero-order valence-electron chi connectivity index (χ0n) is 10.5. The Kier molecular flexibility index (Phi) is 7.06. The van der Waals surface area contributed by atoms with Gasteiger partial charge in [-0.1, -0.05) is 30.1 Å². The molecule has 0 bridgehead atoms. The summed E-state index contributed by atoms with van der Waals surface area (Å²) in [7, 11) is -2.15. The zero-order valence-corrected chi connectivity index (χ0v) is 15.2. The van der Waals surface area contributed by atoms with E-state index in [4.69, 9.17) is 27.9 Å². The third-order valence-electron chi connectivity index (χ3n) is 2.35. The second-order valence-electron chi connectivity index (χ2n) is 3.69. The lowest BCUT2D eigenvalue weighted by atomic mass is 10.5. The van der Waals surface area contributed by atoms with Crippen LogP contribution in [0.15, 0.2) is 9.37 Å². The van der Waals surface area contributed by atoms with Gasteiger partial charge in [-0.3, -0.25) is 0 Å². The van der Waals surface area contributed by atoms with Crippen molar-refractivity contribution in [2.75, 3.05) is 26.8 Å². The van der Waals surface area contributed by atoms with Gasteiger partial charge in [-0.05, 0) is 22.4 Å². The molecule has 0 unspecified atom stereocenters. The smallest absolute Gasteiger partial charge is 0.246 e. The molecule has 1 heterocycles. The van der Waals surface area contributed by atoms with Crippen molar-refractivity contribution < 1.29 is 13.2 Å². The van der Waals surface area contributed by atoms with E-state index in [1.54, 1.807) is 0 Å². The van der Waals surface area contributed by atoms with Crippen LogP contribution in [-0.2, 0) is 14.8 Å². The van der Waals surface area contributed by atoms with Crippen LogP contribution in [0.2, 0.25) is 8.67 Å². The first-order chi connectivity index (χ1) is 8.86. The van der Waals surface area contributed by atoms with Gasteiger partial charge in [0.2, 0.25) is 10.0 Å². The van der Waals surface area contributed by atoms with E-state index in [-0.39, 0.29) is 15.8 Å². The third kappa shape index (κ3) is 4.06. The predicted octanol–water partition coefficient (Wildman–Crippen LogP) is 3.86. The van der Waals surface area contributed by atoms with E-state index >= 15 is 0 Å². The topological polar surface area (TPSA) is 46.6 Å². The molecule has 0 atom stereocenters. The summed E-state index contributed by atoms with van der Waals surface area (Å²) in [5, 5.41) is 0. The molecule has 0 aliphatic carbocycles. The molecule has 0 N–H and O–H groups in total. The van der Waals surface area contributed by atoms with Gasteiger partial charge in [0.05, 0.1) is 11.1 Å². The summed E-state index contributed by atoms with van der Waals surface area (Å²) in [6.45, 7) is 2.92. The van der Waals surface area contributed by atoms with Crippen molar-refractivity contribution in [2.45, 2.75) is 18.2 Å². The average molecular weight is 411 g/mol. The average Bonchev–Trinajstić information content (AvgIpc) is 2.58. The van der Waals surface area contributed by atoms with Crippen molar-refractivity contribution in [3.8, 4) is 0 Å². The molecule has 0 aliphatic heterocycles. The van der Waals surface area contributed by atoms with Crippen molar-refractivity contribution in [3.05, 3.63) is 13.1 Å². The largest absolute Gasteiger partial charge is 0.383 e. The van der Waals surface area contributed by atoms with Gasteiger partial charge in [-0.2, -0.15) is 4.31 Å². The number of methoxy groups -OCH3 is 1. The molecule has 0 radical (unpaired) electrons. The Morgan fingerprint density at radius 1 is 1.32 bits per heavy atom. The maximum atomic E-state index is 12.6. The van der Waals surface area contributed by atoms with Crippen molar-refractivity contribution in [2.24, 2.45) is 0 Å². The van der Waals surface area contributed by atoms with E-state index in [0.29, 0.717) is 28.4 Å². The van der Waals surface area contributed by atoms with Crippen molar-refractivity contribution in [1.29, 1.82) is 0 Å². The molecule has 1 aromatic heterocycles. The fourth-order valence-electron chi connectivity index (χ4n) is 1.48. The molecule has 0 amide bonds. The summed E-state index contributed by atoms with van der Waals surface area (Å²) >= 11 is 16.1. The predicted molar refractivity (Wildman–Crippen MR) is 83.0 cm³/mol. The Labute approximate surface area is 135 Å². The minimum absolute atomic E-state index is 0.0359. The molecule has 110 valence electrons. The highest BCUT2D eigenvalue weighted by atomic mass is 79.9. The van der Waals surface area contributed by atoms with Crippen LogP contribution in [0, 0.1) is 0 Å². The van der Waals surface area contributed by atoms with Crippen LogP contribution in [0.3, 0.4) is 0 Å². The Hall–Kier alpha value is 0.630. The van der Waals surface area contributed by atoms with Gasteiger partial charge in [0.15, 0.2) is 0 Å². The molecule has 1 aromatic rings. The molecule has 0 saturated carbocycles. The quantitative estimate of drug-likeness (QED) is 0.685. The first-order valence-electron chi connectivity index (χ1n) is 5.48. The fourth-order valence-corrected chi connectivity index (χ4v) is 6.48. The lowest BCUT2D eigenvalue weighted by Crippen LogP contribution is -2.34. The van der Waals surface area contributed by atoms with Gasteiger partial charge in [0.25, 0.3) is 0 Å². The number of thiophene rings is 1. The maximum absolute atomic E-state index is 12.6. The molecule has 19 heavy (non-hydrogen) atoms. The second-order valence-corrected chi connectivity index (χ2v) is 8.58. The third-order valence-corrected chi connectivity index (χ3v) is 7.71. The highest BCUT2D eigenvalue weighted by Crippen LogP contribution is 2.43. The van der Waals surface area contributed by atoms with E-state index in [1.807, 2.05) is 6.92 Å². The Morgan fingerprint density at radius 2 is 1.95 bits per heavy atom. The minimum atomic E-state index is -3.68. The monoisotopic (exact) mass is 409 g/mol. The lowest BCUT2D eigenvalue weighted by molar-refractivity contribution is 0.179. The number of ether oxygens (including phenoxy) is 1. The van der Waals surface area contributed by atoms with E-state index in [2.05, 4.69) is 15.9 Å². The van der Waals surface area contributed by atoms with E-state index < -0.39 is 10.0 Å². The number of hydrogen-bond acceptors (Lipinski definition) is 4. The van der Waals surface area contributed by atoms with Crippen LogP contribution >= 0.6 is 50.5 Å². The first-order valence-corrected chi connectivity index (χ1v) is 9.29. The van der Waals surface area contributed by atoms with Crippen LogP contribution in [0.25, 0.3) is 0 Å². The van der Waals surface area contributed by atoms with Crippen molar-refractivity contribution in [3.63, 3.8) is 0 Å². The maximum Gasteiger partial charge on any atom is 0.246 e.